The molecule has 1 rings (SSSR count). The summed E-state index contributed by atoms with van der Waals surface area (Å²) in [6, 6.07) is -9.91. The fraction of sp³-hybridized carbons (Fsp3) is 0.741. The molecular weight excluding hydrogens is 1160 g/mol. The van der Waals surface area contributed by atoms with Crippen LogP contribution in [0.2, 0.25) is 0 Å². The van der Waals surface area contributed by atoms with Crippen LogP contribution in [-0.2, 0) is 57.4 Å². The summed E-state index contributed by atoms with van der Waals surface area (Å²) in [5.74, 6) is -9.37. The third-order valence-electron chi connectivity index (χ3n) is 13.7. The molecule has 506 valence electrons. The molecule has 0 aromatic heterocycles. The standard InChI is InChI=1S/C54H103N23O12/c1-2-3-4-5-6-7-8-20-41(78)70-32-40-50(87)75-38(19-14-27-69-54(63)64)47(84)73-36(17-12-25-67-52(59)60)45(82)72-35(16-11-24-66-51(57)58)46(83)74-37(18-13-26-68-53(61)62)48(85)76-39(49(86)77-40)21-22-42(79)65-28-29-88-30-31-89-33-43(80)71-34(44(56)81)15-9-10-23-55/h34-40H,2-33,55H2,1H3,(H2,56,81)(H,65,79)(H,70,78)(H,71,80)(H,72,82)(H,73,84)(H,74,83)(H,75,87)(H,76,85)(H,77,86)(H4,57,58,66)(H4,59,60,67)(H4,61,62,68)(H4,63,64,69)/t34?,35?,36-,37-,38+,39+,40+/m1/s1. The average molecular weight is 1270 g/mol. The summed E-state index contributed by atoms with van der Waals surface area (Å²) in [5.41, 5.74) is 32.9. The van der Waals surface area contributed by atoms with Crippen LogP contribution in [0.25, 0.3) is 0 Å². The topological polar surface area (TPSA) is 597 Å². The van der Waals surface area contributed by atoms with Gasteiger partial charge in [-0.3, -0.25) is 69.6 Å². The average Bonchev–Trinajstić information content (AvgIpc) is 3.42. The second-order valence-corrected chi connectivity index (χ2v) is 21.3. The maximum absolute atomic E-state index is 14.7. The Morgan fingerprint density at radius 1 is 0.427 bits per heavy atom. The van der Waals surface area contributed by atoms with Gasteiger partial charge in [-0.1, -0.05) is 45.4 Å². The second-order valence-electron chi connectivity index (χ2n) is 21.3. The number of ether oxygens (including phenoxy) is 2. The van der Waals surface area contributed by atoms with E-state index in [-0.39, 0.29) is 141 Å². The zero-order valence-corrected chi connectivity index (χ0v) is 51.5. The van der Waals surface area contributed by atoms with Crippen LogP contribution in [0, 0.1) is 21.6 Å². The van der Waals surface area contributed by atoms with Crippen molar-refractivity contribution in [3.8, 4) is 0 Å². The third kappa shape index (κ3) is 39.2. The van der Waals surface area contributed by atoms with Gasteiger partial charge in [-0.05, 0) is 90.0 Å². The van der Waals surface area contributed by atoms with Gasteiger partial charge in [0.2, 0.25) is 59.1 Å². The van der Waals surface area contributed by atoms with Crippen molar-refractivity contribution in [1.82, 2.24) is 69.1 Å². The molecule has 1 aliphatic heterocycles. The van der Waals surface area contributed by atoms with Gasteiger partial charge in [-0.2, -0.15) is 0 Å². The molecule has 0 radical (unpaired) electrons. The molecule has 89 heavy (non-hydrogen) atoms. The first-order valence-electron chi connectivity index (χ1n) is 30.6. The van der Waals surface area contributed by atoms with Gasteiger partial charge in [-0.25, -0.2) is 0 Å². The Bertz CT molecular complexity index is 2270. The fourth-order valence-corrected chi connectivity index (χ4v) is 8.88. The Kier molecular flexibility index (Phi) is 42.2. The van der Waals surface area contributed by atoms with Crippen LogP contribution < -0.4 is 104 Å². The van der Waals surface area contributed by atoms with Crippen molar-refractivity contribution >= 4 is 82.9 Å². The summed E-state index contributed by atoms with van der Waals surface area (Å²) in [6.45, 7) is 1.84. The van der Waals surface area contributed by atoms with E-state index < -0.39 is 121 Å². The molecule has 10 amide bonds. The summed E-state index contributed by atoms with van der Waals surface area (Å²) in [5, 5.41) is 64.6. The normalized spacial score (nSPS) is 18.7. The highest BCUT2D eigenvalue weighted by Crippen LogP contribution is 2.11. The molecule has 1 heterocycles. The lowest BCUT2D eigenvalue weighted by atomic mass is 10.0. The number of carbonyl (C=O) groups is 10. The lowest BCUT2D eigenvalue weighted by molar-refractivity contribution is -0.137. The van der Waals surface area contributed by atoms with Gasteiger partial charge >= 0.3 is 0 Å². The Balaban J connectivity index is 3.76. The SMILES string of the molecule is CCCCCCCCCC(=O)NC[C@@H]1NC(=O)[C@H](CCC(=O)NCCOCCOCC(=O)NC(CCCCN)C(N)=O)NC(=O)[C@@H](CCCNC(=N)N)NC(=O)C(CCCNC(=N)N)NC(=O)[C@@H](CCCNC(=N)N)NC(=O)[C@H](CCCNC(=N)N)NC1=O. The van der Waals surface area contributed by atoms with Crippen molar-refractivity contribution in [3.05, 3.63) is 0 Å². The van der Waals surface area contributed by atoms with Crippen molar-refractivity contribution in [2.75, 3.05) is 72.2 Å². The predicted molar refractivity (Wildman–Crippen MR) is 332 cm³/mol. The van der Waals surface area contributed by atoms with Gasteiger partial charge in [0.15, 0.2) is 23.8 Å². The smallest absolute Gasteiger partial charge is 0.246 e. The molecule has 2 unspecified atom stereocenters. The quantitative estimate of drug-likeness (QED) is 0.0154. The summed E-state index contributed by atoms with van der Waals surface area (Å²) in [4.78, 5) is 138. The van der Waals surface area contributed by atoms with E-state index in [1.807, 2.05) is 0 Å². The molecule has 0 spiro atoms. The third-order valence-corrected chi connectivity index (χ3v) is 13.7. The number of carbonyl (C=O) groups excluding carboxylic acids is 10. The Morgan fingerprint density at radius 2 is 0.809 bits per heavy atom. The highest BCUT2D eigenvalue weighted by Gasteiger charge is 2.35. The Hall–Kier alpha value is -8.34. The van der Waals surface area contributed by atoms with Crippen LogP contribution in [-0.4, -0.2) is 197 Å². The second kappa shape index (κ2) is 47.7. The first kappa shape index (κ1) is 78.7. The van der Waals surface area contributed by atoms with Crippen LogP contribution in [0.1, 0.15) is 142 Å². The number of nitrogens with two attached hydrogens (primary N) is 6. The molecular formula is C54H103N23O12. The fourth-order valence-electron chi connectivity index (χ4n) is 8.88. The highest BCUT2D eigenvalue weighted by atomic mass is 16.5. The summed E-state index contributed by atoms with van der Waals surface area (Å²) in [6.07, 6.45) is 7.26. The number of rotatable bonds is 43. The number of guanidine groups is 4. The molecule has 0 aromatic carbocycles. The number of primary amides is 1. The van der Waals surface area contributed by atoms with Crippen LogP contribution in [0.5, 0.6) is 0 Å². The molecule has 1 fully saturated rings. The molecule has 0 aromatic rings. The Morgan fingerprint density at radius 3 is 1.22 bits per heavy atom. The lowest BCUT2D eigenvalue weighted by Gasteiger charge is -2.29. The molecule has 29 N–H and O–H groups in total. The maximum Gasteiger partial charge on any atom is 0.246 e. The van der Waals surface area contributed by atoms with Crippen molar-refractivity contribution in [2.45, 2.75) is 184 Å². The van der Waals surface area contributed by atoms with E-state index in [0.29, 0.717) is 32.2 Å². The van der Waals surface area contributed by atoms with E-state index in [2.05, 4.69) is 76.0 Å². The monoisotopic (exact) mass is 1270 g/mol. The highest BCUT2D eigenvalue weighted by molar-refractivity contribution is 5.98. The Labute approximate surface area is 520 Å². The molecule has 35 heteroatoms. The summed E-state index contributed by atoms with van der Waals surface area (Å²) in [7, 11) is 0. The number of hydrogen-bond donors (Lipinski definition) is 23. The van der Waals surface area contributed by atoms with Crippen LogP contribution in [0.4, 0.5) is 0 Å². The number of nitrogens with one attached hydrogen (secondary N) is 17. The minimum Gasteiger partial charge on any atom is -0.377 e. The van der Waals surface area contributed by atoms with E-state index in [9.17, 15) is 47.9 Å². The van der Waals surface area contributed by atoms with Crippen LogP contribution in [0.3, 0.4) is 0 Å². The zero-order valence-electron chi connectivity index (χ0n) is 51.5. The molecule has 0 aliphatic carbocycles. The lowest BCUT2D eigenvalue weighted by Crippen LogP contribution is -2.62. The maximum atomic E-state index is 14.7. The number of hydrogen-bond acceptors (Lipinski definition) is 17. The zero-order chi connectivity index (χ0) is 66.4. The van der Waals surface area contributed by atoms with E-state index >= 15 is 0 Å². The van der Waals surface area contributed by atoms with E-state index in [4.69, 9.17) is 65.5 Å². The van der Waals surface area contributed by atoms with Gasteiger partial charge < -0.3 is 113 Å². The van der Waals surface area contributed by atoms with Gasteiger partial charge in [-0.15, -0.1) is 0 Å². The van der Waals surface area contributed by atoms with E-state index in [0.717, 1.165) is 38.5 Å². The van der Waals surface area contributed by atoms with Gasteiger partial charge in [0.1, 0.15) is 48.9 Å². The number of amides is 10. The molecule has 35 nitrogen and oxygen atoms in total. The van der Waals surface area contributed by atoms with E-state index in [1.165, 1.54) is 0 Å². The van der Waals surface area contributed by atoms with Crippen molar-refractivity contribution in [2.24, 2.45) is 34.4 Å². The first-order valence-corrected chi connectivity index (χ1v) is 30.6. The van der Waals surface area contributed by atoms with Crippen molar-refractivity contribution in [1.29, 1.82) is 21.6 Å². The molecule has 1 aliphatic rings. The summed E-state index contributed by atoms with van der Waals surface area (Å²) < 4.78 is 10.9. The van der Waals surface area contributed by atoms with Crippen LogP contribution in [0.15, 0.2) is 0 Å². The van der Waals surface area contributed by atoms with E-state index in [1.54, 1.807) is 0 Å². The minimum atomic E-state index is -1.64. The molecule has 0 bridgehead atoms. The minimum absolute atomic E-state index is 0.0122. The number of unbranched alkanes of at least 4 members (excludes halogenated alkanes) is 7. The largest absolute Gasteiger partial charge is 0.377 e. The molecule has 0 saturated carbocycles. The molecule has 7 atom stereocenters. The van der Waals surface area contributed by atoms with Gasteiger partial charge in [0, 0.05) is 52.1 Å². The van der Waals surface area contributed by atoms with Gasteiger partial charge in [0.05, 0.1) is 19.8 Å². The predicted octanol–water partition coefficient (Wildman–Crippen LogP) is -5.75. The molecule has 1 saturated heterocycles. The van der Waals surface area contributed by atoms with Crippen LogP contribution >= 0.6 is 0 Å². The first-order chi connectivity index (χ1) is 42.5. The van der Waals surface area contributed by atoms with Crippen molar-refractivity contribution < 1.29 is 57.4 Å². The van der Waals surface area contributed by atoms with Crippen molar-refractivity contribution in [3.63, 3.8) is 0 Å². The summed E-state index contributed by atoms with van der Waals surface area (Å²) >= 11 is 0. The van der Waals surface area contributed by atoms with Gasteiger partial charge in [0.25, 0.3) is 0 Å².